The van der Waals surface area contributed by atoms with Crippen LogP contribution >= 0.6 is 0 Å². The molecule has 6 rings (SSSR count). The molecule has 0 aliphatic heterocycles. The van der Waals surface area contributed by atoms with Crippen molar-refractivity contribution in [3.63, 3.8) is 0 Å². The molecule has 4 aliphatic carbocycles. The van der Waals surface area contributed by atoms with Crippen molar-refractivity contribution in [2.24, 2.45) is 23.2 Å². The minimum atomic E-state index is 0.0416. The maximum absolute atomic E-state index is 12.9. The second-order valence-electron chi connectivity index (χ2n) is 9.10. The third-order valence-corrected chi connectivity index (χ3v) is 7.14. The number of carbonyl (C=O) groups excluding carboxylic acids is 1. The summed E-state index contributed by atoms with van der Waals surface area (Å²) in [4.78, 5) is 17.3. The Morgan fingerprint density at radius 2 is 1.61 bits per heavy atom. The van der Waals surface area contributed by atoms with Crippen LogP contribution in [0.4, 0.5) is 0 Å². The van der Waals surface area contributed by atoms with Gasteiger partial charge >= 0.3 is 0 Å². The smallest absolute Gasteiger partial charge is 0.187 e. The summed E-state index contributed by atoms with van der Waals surface area (Å²) in [5.41, 5.74) is 1.69. The Labute approximate surface area is 165 Å². The van der Waals surface area contributed by atoms with Crippen LogP contribution in [0.25, 0.3) is 10.9 Å². The van der Waals surface area contributed by atoms with Gasteiger partial charge in [0.1, 0.15) is 0 Å². The van der Waals surface area contributed by atoms with Gasteiger partial charge in [-0.1, -0.05) is 6.08 Å². The van der Waals surface area contributed by atoms with Gasteiger partial charge in [-0.05, 0) is 79.9 Å². The van der Waals surface area contributed by atoms with Crippen molar-refractivity contribution >= 4 is 16.7 Å². The van der Waals surface area contributed by atoms with Gasteiger partial charge < -0.3 is 9.47 Å². The van der Waals surface area contributed by atoms with Gasteiger partial charge in [0.25, 0.3) is 0 Å². The summed E-state index contributed by atoms with van der Waals surface area (Å²) in [6.07, 6.45) is 13.8. The van der Waals surface area contributed by atoms with Crippen LogP contribution in [-0.2, 0) is 0 Å². The van der Waals surface area contributed by atoms with E-state index in [0.29, 0.717) is 17.1 Å². The SMILES string of the molecule is COc1cc2cc(C(=O)C=CC34CC5CC(CC(C5)C3)C4)cnc2cc1OC. The normalized spacial score (nSPS) is 30.9. The van der Waals surface area contributed by atoms with Gasteiger partial charge in [0.15, 0.2) is 17.3 Å². The van der Waals surface area contributed by atoms with E-state index in [1.807, 2.05) is 24.3 Å². The number of nitrogens with zero attached hydrogens (tertiary/aromatic N) is 1. The molecular formula is C24H27NO3. The molecule has 146 valence electrons. The number of methoxy groups -OCH3 is 2. The molecule has 0 spiro atoms. The number of pyridine rings is 1. The van der Waals surface area contributed by atoms with E-state index in [1.54, 1.807) is 20.4 Å². The summed E-state index contributed by atoms with van der Waals surface area (Å²) in [6.45, 7) is 0. The highest BCUT2D eigenvalue weighted by Gasteiger charge is 2.49. The van der Waals surface area contributed by atoms with Crippen LogP contribution in [0.5, 0.6) is 11.5 Å². The molecule has 4 heteroatoms. The minimum absolute atomic E-state index is 0.0416. The van der Waals surface area contributed by atoms with E-state index in [0.717, 1.165) is 28.7 Å². The second kappa shape index (κ2) is 6.61. The second-order valence-corrected chi connectivity index (χ2v) is 9.10. The van der Waals surface area contributed by atoms with Crippen LogP contribution in [0.3, 0.4) is 0 Å². The molecular weight excluding hydrogens is 350 g/mol. The first kappa shape index (κ1) is 17.7. The lowest BCUT2D eigenvalue weighted by Gasteiger charge is -2.55. The molecule has 1 heterocycles. The molecule has 0 atom stereocenters. The number of ether oxygens (including phenoxy) is 2. The summed E-state index contributed by atoms with van der Waals surface area (Å²) in [7, 11) is 3.22. The fourth-order valence-electron chi connectivity index (χ4n) is 6.32. The Morgan fingerprint density at radius 3 is 2.21 bits per heavy atom. The van der Waals surface area contributed by atoms with E-state index in [-0.39, 0.29) is 11.2 Å². The molecule has 0 radical (unpaired) electrons. The number of allylic oxidation sites excluding steroid dienone is 2. The summed E-state index contributed by atoms with van der Waals surface area (Å²) >= 11 is 0. The van der Waals surface area contributed by atoms with Crippen LogP contribution < -0.4 is 9.47 Å². The Hall–Kier alpha value is -2.36. The monoisotopic (exact) mass is 377 g/mol. The summed E-state index contributed by atoms with van der Waals surface area (Å²) in [6, 6.07) is 5.62. The fourth-order valence-corrected chi connectivity index (χ4v) is 6.32. The maximum atomic E-state index is 12.9. The third-order valence-electron chi connectivity index (χ3n) is 7.14. The number of hydrogen-bond acceptors (Lipinski definition) is 4. The number of rotatable bonds is 5. The van der Waals surface area contributed by atoms with Crippen LogP contribution in [0, 0.1) is 23.2 Å². The van der Waals surface area contributed by atoms with E-state index < -0.39 is 0 Å². The van der Waals surface area contributed by atoms with Gasteiger partial charge in [-0.15, -0.1) is 0 Å². The van der Waals surface area contributed by atoms with Crippen LogP contribution in [0.2, 0.25) is 0 Å². The number of aromatic nitrogens is 1. The predicted octanol–water partition coefficient (Wildman–Crippen LogP) is 5.21. The fraction of sp³-hybridized carbons (Fsp3) is 0.500. The van der Waals surface area contributed by atoms with E-state index in [2.05, 4.69) is 11.1 Å². The Kier molecular flexibility index (Phi) is 4.18. The molecule has 4 saturated carbocycles. The highest BCUT2D eigenvalue weighted by Crippen LogP contribution is 2.60. The summed E-state index contributed by atoms with van der Waals surface area (Å²) in [5, 5.41) is 0.881. The quantitative estimate of drug-likeness (QED) is 0.530. The van der Waals surface area contributed by atoms with E-state index >= 15 is 0 Å². The molecule has 0 unspecified atom stereocenters. The molecule has 2 aromatic rings. The van der Waals surface area contributed by atoms with Gasteiger partial charge in [0.05, 0.1) is 19.7 Å². The molecule has 0 amide bonds. The van der Waals surface area contributed by atoms with E-state index in [4.69, 9.17) is 9.47 Å². The first-order valence-electron chi connectivity index (χ1n) is 10.3. The zero-order chi connectivity index (χ0) is 19.3. The first-order valence-corrected chi connectivity index (χ1v) is 10.3. The lowest BCUT2D eigenvalue weighted by atomic mass is 9.49. The average molecular weight is 377 g/mol. The van der Waals surface area contributed by atoms with Crippen LogP contribution in [0.15, 0.2) is 36.5 Å². The van der Waals surface area contributed by atoms with Crippen molar-refractivity contribution < 1.29 is 14.3 Å². The number of ketones is 1. The van der Waals surface area contributed by atoms with Crippen molar-refractivity contribution in [2.75, 3.05) is 14.2 Å². The van der Waals surface area contributed by atoms with Crippen LogP contribution in [-0.4, -0.2) is 25.0 Å². The highest BCUT2D eigenvalue weighted by molar-refractivity contribution is 6.06. The standard InChI is InChI=1S/C24H27NO3/c1-27-22-9-18-8-19(14-25-20(18)10-23(22)28-2)21(26)3-4-24-11-15-5-16(12-24)7-17(6-15)13-24/h3-4,8-10,14-17H,5-7,11-13H2,1-2H3. The zero-order valence-electron chi connectivity index (χ0n) is 16.6. The van der Waals surface area contributed by atoms with Crippen molar-refractivity contribution in [3.8, 4) is 11.5 Å². The molecule has 4 bridgehead atoms. The number of fused-ring (bicyclic) bond motifs is 1. The Bertz CT molecular complexity index is 926. The molecule has 28 heavy (non-hydrogen) atoms. The molecule has 4 nitrogen and oxygen atoms in total. The van der Waals surface area contributed by atoms with Gasteiger partial charge in [0, 0.05) is 23.2 Å². The summed E-state index contributed by atoms with van der Waals surface area (Å²) < 4.78 is 10.7. The number of benzene rings is 1. The zero-order valence-corrected chi connectivity index (χ0v) is 16.6. The Morgan fingerprint density at radius 1 is 1.00 bits per heavy atom. The molecule has 1 aromatic heterocycles. The highest BCUT2D eigenvalue weighted by atomic mass is 16.5. The Balaban J connectivity index is 1.40. The molecule has 0 N–H and O–H groups in total. The topological polar surface area (TPSA) is 48.4 Å². The largest absolute Gasteiger partial charge is 0.493 e. The van der Waals surface area contributed by atoms with Crippen molar-refractivity contribution in [1.82, 2.24) is 4.98 Å². The van der Waals surface area contributed by atoms with Gasteiger partial charge in [-0.25, -0.2) is 0 Å². The minimum Gasteiger partial charge on any atom is -0.493 e. The summed E-state index contributed by atoms with van der Waals surface area (Å²) in [5.74, 6) is 3.98. The van der Waals surface area contributed by atoms with Gasteiger partial charge in [-0.3, -0.25) is 9.78 Å². The first-order chi connectivity index (χ1) is 13.6. The molecule has 1 aromatic carbocycles. The van der Waals surface area contributed by atoms with Gasteiger partial charge in [-0.2, -0.15) is 0 Å². The van der Waals surface area contributed by atoms with Crippen molar-refractivity contribution in [1.29, 1.82) is 0 Å². The van der Waals surface area contributed by atoms with Crippen LogP contribution in [0.1, 0.15) is 48.9 Å². The molecule has 4 aliphatic rings. The third kappa shape index (κ3) is 2.99. The lowest BCUT2D eigenvalue weighted by Crippen LogP contribution is -2.45. The lowest BCUT2D eigenvalue weighted by molar-refractivity contribution is -0.0238. The van der Waals surface area contributed by atoms with Gasteiger partial charge in [0.2, 0.25) is 0 Å². The number of hydrogen-bond donors (Lipinski definition) is 0. The number of carbonyl (C=O) groups is 1. The van der Waals surface area contributed by atoms with Crippen molar-refractivity contribution in [2.45, 2.75) is 38.5 Å². The van der Waals surface area contributed by atoms with Crippen molar-refractivity contribution in [3.05, 3.63) is 42.1 Å². The average Bonchev–Trinajstić information content (AvgIpc) is 2.69. The van der Waals surface area contributed by atoms with E-state index in [9.17, 15) is 4.79 Å². The van der Waals surface area contributed by atoms with E-state index in [1.165, 1.54) is 38.5 Å². The predicted molar refractivity (Wildman–Crippen MR) is 109 cm³/mol. The molecule has 0 saturated heterocycles. The maximum Gasteiger partial charge on any atom is 0.187 e. The molecule has 4 fully saturated rings.